The number of halogens is 1. The lowest BCUT2D eigenvalue weighted by Gasteiger charge is -2.15. The largest absolute Gasteiger partial charge is 0.338 e. The van der Waals surface area contributed by atoms with Crippen LogP contribution < -0.4 is 0 Å². The maximum absolute atomic E-state index is 13.9. The van der Waals surface area contributed by atoms with Crippen LogP contribution in [0.2, 0.25) is 0 Å². The first kappa shape index (κ1) is 20.2. The molecule has 0 unspecified atom stereocenters. The van der Waals surface area contributed by atoms with Gasteiger partial charge in [-0.3, -0.25) is 9.78 Å². The van der Waals surface area contributed by atoms with E-state index in [4.69, 9.17) is 5.10 Å². The second-order valence-electron chi connectivity index (χ2n) is 7.07. The van der Waals surface area contributed by atoms with Gasteiger partial charge in [0.2, 0.25) is 5.91 Å². The fourth-order valence-electron chi connectivity index (χ4n) is 3.20. The van der Waals surface area contributed by atoms with Crippen LogP contribution in [0.4, 0.5) is 4.39 Å². The molecule has 0 fully saturated rings. The van der Waals surface area contributed by atoms with E-state index in [1.165, 1.54) is 17.0 Å². The van der Waals surface area contributed by atoms with Crippen LogP contribution in [-0.4, -0.2) is 32.6 Å². The first-order valence-corrected chi connectivity index (χ1v) is 9.84. The summed E-state index contributed by atoms with van der Waals surface area (Å²) in [4.78, 5) is 18.3. The number of pyridine rings is 1. The lowest BCUT2D eigenvalue weighted by molar-refractivity contribution is -0.125. The normalized spacial score (nSPS) is 11.0. The number of carbonyl (C=O) groups is 1. The van der Waals surface area contributed by atoms with Crippen molar-refractivity contribution in [3.8, 4) is 16.9 Å². The van der Waals surface area contributed by atoms with Crippen molar-refractivity contribution in [2.45, 2.75) is 6.54 Å². The summed E-state index contributed by atoms with van der Waals surface area (Å²) in [5.74, 6) is -0.554. The quantitative estimate of drug-likeness (QED) is 0.430. The highest BCUT2D eigenvalue weighted by Gasteiger charge is 2.13. The predicted molar refractivity (Wildman–Crippen MR) is 119 cm³/mol. The van der Waals surface area contributed by atoms with E-state index >= 15 is 0 Å². The number of amides is 1. The van der Waals surface area contributed by atoms with Crippen LogP contribution >= 0.6 is 0 Å². The molecule has 1 amide bonds. The average molecular weight is 412 g/mol. The molecular weight excluding hydrogens is 391 g/mol. The lowest BCUT2D eigenvalue weighted by Crippen LogP contribution is -2.24. The molecule has 0 aliphatic rings. The highest BCUT2D eigenvalue weighted by Crippen LogP contribution is 2.24. The van der Waals surface area contributed by atoms with Crippen LogP contribution in [0.5, 0.6) is 0 Å². The Bertz CT molecular complexity index is 1200. The van der Waals surface area contributed by atoms with Gasteiger partial charge in [-0.2, -0.15) is 5.10 Å². The fourth-order valence-corrected chi connectivity index (χ4v) is 3.20. The minimum atomic E-state index is -0.325. The topological polar surface area (TPSA) is 51.0 Å². The molecule has 4 rings (SSSR count). The van der Waals surface area contributed by atoms with Crippen molar-refractivity contribution in [1.82, 2.24) is 19.7 Å². The molecule has 0 saturated carbocycles. The van der Waals surface area contributed by atoms with Crippen molar-refractivity contribution >= 4 is 12.0 Å². The van der Waals surface area contributed by atoms with E-state index in [1.54, 1.807) is 48.4 Å². The molecule has 6 heteroatoms. The molecule has 154 valence electrons. The minimum Gasteiger partial charge on any atom is -0.338 e. The summed E-state index contributed by atoms with van der Waals surface area (Å²) < 4.78 is 15.7. The number of carbonyl (C=O) groups excluding carboxylic acids is 1. The number of rotatable bonds is 6. The summed E-state index contributed by atoms with van der Waals surface area (Å²) in [7, 11) is 1.65. The Hall–Kier alpha value is -4.06. The number of benzene rings is 2. The standard InChI is InChI=1S/C25H21FN4O/c1-29(17-20-8-5-6-12-23(20)26)24(31)14-13-21-18-30(22-10-3-2-4-11-22)28-25(21)19-9-7-15-27-16-19/h2-16,18H,17H2,1H3/b14-13+. The zero-order valence-corrected chi connectivity index (χ0v) is 17.0. The van der Waals surface area contributed by atoms with Crippen LogP contribution in [0.3, 0.4) is 0 Å². The molecule has 0 bridgehead atoms. The predicted octanol–water partition coefficient (Wildman–Crippen LogP) is 4.75. The van der Waals surface area contributed by atoms with Crippen LogP contribution in [0, 0.1) is 5.82 Å². The summed E-state index contributed by atoms with van der Waals surface area (Å²) in [6, 6.07) is 20.0. The van der Waals surface area contributed by atoms with Gasteiger partial charge in [0.15, 0.2) is 0 Å². The lowest BCUT2D eigenvalue weighted by atomic mass is 10.1. The van der Waals surface area contributed by atoms with E-state index in [-0.39, 0.29) is 18.3 Å². The van der Waals surface area contributed by atoms with Crippen molar-refractivity contribution in [1.29, 1.82) is 0 Å². The van der Waals surface area contributed by atoms with Gasteiger partial charge in [-0.25, -0.2) is 9.07 Å². The third-order valence-electron chi connectivity index (χ3n) is 4.85. The van der Waals surface area contributed by atoms with Crippen molar-refractivity contribution in [3.63, 3.8) is 0 Å². The molecule has 4 aromatic rings. The van der Waals surface area contributed by atoms with Gasteiger partial charge in [0, 0.05) is 54.9 Å². The summed E-state index contributed by atoms with van der Waals surface area (Å²) in [6.45, 7) is 0.189. The molecule has 0 saturated heterocycles. The van der Waals surface area contributed by atoms with E-state index in [0.29, 0.717) is 5.56 Å². The number of hydrogen-bond donors (Lipinski definition) is 0. The smallest absolute Gasteiger partial charge is 0.246 e. The van der Waals surface area contributed by atoms with Gasteiger partial charge in [0.05, 0.1) is 5.69 Å². The van der Waals surface area contributed by atoms with E-state index in [2.05, 4.69) is 4.98 Å². The van der Waals surface area contributed by atoms with E-state index < -0.39 is 0 Å². The van der Waals surface area contributed by atoms with Gasteiger partial charge in [-0.15, -0.1) is 0 Å². The molecule has 2 heterocycles. The van der Waals surface area contributed by atoms with Gasteiger partial charge in [0.1, 0.15) is 11.5 Å². The Morgan fingerprint density at radius 3 is 2.58 bits per heavy atom. The van der Waals surface area contributed by atoms with Crippen LogP contribution in [0.15, 0.2) is 91.4 Å². The van der Waals surface area contributed by atoms with E-state index in [1.807, 2.05) is 48.7 Å². The Morgan fingerprint density at radius 2 is 1.84 bits per heavy atom. The highest BCUT2D eigenvalue weighted by molar-refractivity contribution is 5.92. The van der Waals surface area contributed by atoms with Gasteiger partial charge < -0.3 is 4.90 Å². The summed E-state index contributed by atoms with van der Waals surface area (Å²) >= 11 is 0. The van der Waals surface area contributed by atoms with E-state index in [0.717, 1.165) is 22.5 Å². The van der Waals surface area contributed by atoms with Gasteiger partial charge in [-0.1, -0.05) is 36.4 Å². The van der Waals surface area contributed by atoms with E-state index in [9.17, 15) is 9.18 Å². The van der Waals surface area contributed by atoms with Gasteiger partial charge in [-0.05, 0) is 36.4 Å². The zero-order valence-electron chi connectivity index (χ0n) is 17.0. The molecule has 0 spiro atoms. The Kier molecular flexibility index (Phi) is 5.98. The third kappa shape index (κ3) is 4.75. The molecule has 0 radical (unpaired) electrons. The van der Waals surface area contributed by atoms with Crippen molar-refractivity contribution in [2.24, 2.45) is 0 Å². The summed E-state index contributed by atoms with van der Waals surface area (Å²) in [5.41, 5.74) is 3.74. The van der Waals surface area contributed by atoms with Crippen LogP contribution in [0.25, 0.3) is 23.0 Å². The third-order valence-corrected chi connectivity index (χ3v) is 4.85. The first-order chi connectivity index (χ1) is 15.1. The SMILES string of the molecule is CN(Cc1ccccc1F)C(=O)/C=C/c1cn(-c2ccccc2)nc1-c1cccnc1. The number of aromatic nitrogens is 3. The molecular formula is C25H21FN4O. The Morgan fingerprint density at radius 1 is 1.06 bits per heavy atom. The second-order valence-corrected chi connectivity index (χ2v) is 7.07. The zero-order chi connectivity index (χ0) is 21.6. The number of nitrogens with zero attached hydrogens (tertiary/aromatic N) is 4. The maximum Gasteiger partial charge on any atom is 0.246 e. The molecule has 0 aliphatic carbocycles. The molecule has 0 aliphatic heterocycles. The molecule has 0 N–H and O–H groups in total. The maximum atomic E-state index is 13.9. The van der Waals surface area contributed by atoms with Crippen molar-refractivity contribution < 1.29 is 9.18 Å². The summed E-state index contributed by atoms with van der Waals surface area (Å²) in [5, 5.41) is 4.70. The monoisotopic (exact) mass is 412 g/mol. The molecule has 2 aromatic heterocycles. The van der Waals surface area contributed by atoms with Crippen molar-refractivity contribution in [2.75, 3.05) is 7.05 Å². The van der Waals surface area contributed by atoms with Gasteiger partial charge >= 0.3 is 0 Å². The van der Waals surface area contributed by atoms with Crippen LogP contribution in [-0.2, 0) is 11.3 Å². The second kappa shape index (κ2) is 9.17. The number of likely N-dealkylation sites (N-methyl/N-ethyl adjacent to an activating group) is 1. The number of para-hydroxylation sites is 1. The molecule has 2 aromatic carbocycles. The highest BCUT2D eigenvalue weighted by atomic mass is 19.1. The van der Waals surface area contributed by atoms with Gasteiger partial charge in [0.25, 0.3) is 0 Å². The number of hydrogen-bond acceptors (Lipinski definition) is 3. The first-order valence-electron chi connectivity index (χ1n) is 9.84. The minimum absolute atomic E-state index is 0.189. The Balaban J connectivity index is 1.60. The average Bonchev–Trinajstić information content (AvgIpc) is 3.24. The fraction of sp³-hybridized carbons (Fsp3) is 0.0800. The molecule has 31 heavy (non-hydrogen) atoms. The summed E-state index contributed by atoms with van der Waals surface area (Å²) in [6.07, 6.45) is 8.52. The molecule has 0 atom stereocenters. The Labute approximate surface area is 180 Å². The molecule has 5 nitrogen and oxygen atoms in total. The van der Waals surface area contributed by atoms with Crippen LogP contribution in [0.1, 0.15) is 11.1 Å². The van der Waals surface area contributed by atoms with Crippen molar-refractivity contribution in [3.05, 3.63) is 108 Å².